The van der Waals surface area contributed by atoms with E-state index in [9.17, 15) is 23.1 Å². The number of piperidine rings is 1. The zero-order chi connectivity index (χ0) is 17.9. The van der Waals surface area contributed by atoms with Crippen molar-refractivity contribution in [2.24, 2.45) is 0 Å². The summed E-state index contributed by atoms with van der Waals surface area (Å²) in [5.74, 6) is -1.62. The molecule has 1 fully saturated rings. The molecule has 0 aromatic heterocycles. The summed E-state index contributed by atoms with van der Waals surface area (Å²) in [6.45, 7) is 1.71. The zero-order valence-electron chi connectivity index (χ0n) is 13.1. The van der Waals surface area contributed by atoms with E-state index in [1.807, 2.05) is 0 Å². The van der Waals surface area contributed by atoms with Crippen LogP contribution < -0.4 is 4.72 Å². The number of rotatable bonds is 5. The lowest BCUT2D eigenvalue weighted by molar-refractivity contribution is -0.152. The minimum Gasteiger partial charge on any atom is -0.480 e. The first-order chi connectivity index (χ1) is 11.2. The number of hydrogen-bond donors (Lipinski definition) is 2. The summed E-state index contributed by atoms with van der Waals surface area (Å²) < 4.78 is 26.9. The average molecular weight is 375 g/mol. The van der Waals surface area contributed by atoms with Gasteiger partial charge in [-0.3, -0.25) is 4.79 Å². The Kier molecular flexibility index (Phi) is 5.84. The maximum atomic E-state index is 12.5. The Morgan fingerprint density at radius 2 is 1.92 bits per heavy atom. The van der Waals surface area contributed by atoms with Crippen LogP contribution in [0.4, 0.5) is 0 Å². The summed E-state index contributed by atoms with van der Waals surface area (Å²) >= 11 is 5.73. The SMILES string of the molecule is CC(NS(=O)(=O)c1ccc(Cl)cc1)C(=O)N1CCCCC1C(=O)O. The maximum Gasteiger partial charge on any atom is 0.326 e. The van der Waals surface area contributed by atoms with Gasteiger partial charge in [0.1, 0.15) is 6.04 Å². The zero-order valence-corrected chi connectivity index (χ0v) is 14.7. The van der Waals surface area contributed by atoms with Crippen LogP contribution in [0.15, 0.2) is 29.2 Å². The first kappa shape index (κ1) is 18.7. The number of carbonyl (C=O) groups excluding carboxylic acids is 1. The number of amides is 1. The topological polar surface area (TPSA) is 104 Å². The number of nitrogens with zero attached hydrogens (tertiary/aromatic N) is 1. The van der Waals surface area contributed by atoms with E-state index in [0.717, 1.165) is 6.42 Å². The third kappa shape index (κ3) is 4.25. The summed E-state index contributed by atoms with van der Waals surface area (Å²) in [4.78, 5) is 25.0. The standard InChI is InChI=1S/C15H19ClN2O5S/c1-10(14(19)18-9-3-2-4-13(18)15(20)21)17-24(22,23)12-7-5-11(16)6-8-12/h5-8,10,13,17H,2-4,9H2,1H3,(H,20,21). The van der Waals surface area contributed by atoms with Crippen LogP contribution in [0.5, 0.6) is 0 Å². The molecular weight excluding hydrogens is 356 g/mol. The predicted octanol–water partition coefficient (Wildman–Crippen LogP) is 1.47. The summed E-state index contributed by atoms with van der Waals surface area (Å²) in [6, 6.07) is 3.58. The van der Waals surface area contributed by atoms with Gasteiger partial charge in [0, 0.05) is 11.6 Å². The van der Waals surface area contributed by atoms with Crippen molar-refractivity contribution in [2.75, 3.05) is 6.54 Å². The molecule has 0 radical (unpaired) electrons. The van der Waals surface area contributed by atoms with Crippen molar-refractivity contribution < 1.29 is 23.1 Å². The molecule has 1 aromatic rings. The number of carboxylic acid groups (broad SMARTS) is 1. The number of nitrogens with one attached hydrogen (secondary N) is 1. The van der Waals surface area contributed by atoms with Crippen LogP contribution in [0.1, 0.15) is 26.2 Å². The van der Waals surface area contributed by atoms with Gasteiger partial charge in [0.25, 0.3) is 0 Å². The molecule has 2 rings (SSSR count). The number of likely N-dealkylation sites (tertiary alicyclic amines) is 1. The molecule has 7 nitrogen and oxygen atoms in total. The Morgan fingerprint density at radius 3 is 2.50 bits per heavy atom. The van der Waals surface area contributed by atoms with Crippen LogP contribution in [0.25, 0.3) is 0 Å². The first-order valence-electron chi connectivity index (χ1n) is 7.53. The highest BCUT2D eigenvalue weighted by atomic mass is 35.5. The van der Waals surface area contributed by atoms with Gasteiger partial charge in [-0.25, -0.2) is 13.2 Å². The Labute approximate surface area is 145 Å². The Balaban J connectivity index is 2.12. The van der Waals surface area contributed by atoms with Crippen molar-refractivity contribution in [3.05, 3.63) is 29.3 Å². The van der Waals surface area contributed by atoms with Gasteiger partial charge in [0.2, 0.25) is 15.9 Å². The molecule has 0 bridgehead atoms. The van der Waals surface area contributed by atoms with Crippen molar-refractivity contribution in [3.8, 4) is 0 Å². The molecule has 1 aromatic carbocycles. The third-order valence-electron chi connectivity index (χ3n) is 3.90. The smallest absolute Gasteiger partial charge is 0.326 e. The van der Waals surface area contributed by atoms with Crippen molar-refractivity contribution in [3.63, 3.8) is 0 Å². The lowest BCUT2D eigenvalue weighted by atomic mass is 10.0. The van der Waals surface area contributed by atoms with Crippen LogP contribution in [-0.2, 0) is 19.6 Å². The van der Waals surface area contributed by atoms with Crippen molar-refractivity contribution in [2.45, 2.75) is 43.2 Å². The van der Waals surface area contributed by atoms with Crippen molar-refractivity contribution >= 4 is 33.5 Å². The molecule has 1 amide bonds. The summed E-state index contributed by atoms with van der Waals surface area (Å²) in [7, 11) is -3.90. The number of benzene rings is 1. The molecule has 0 aliphatic carbocycles. The quantitative estimate of drug-likeness (QED) is 0.812. The van der Waals surface area contributed by atoms with E-state index in [1.165, 1.54) is 36.1 Å². The molecule has 0 spiro atoms. The molecule has 132 valence electrons. The monoisotopic (exact) mass is 374 g/mol. The molecule has 2 unspecified atom stereocenters. The van der Waals surface area contributed by atoms with E-state index >= 15 is 0 Å². The number of hydrogen-bond acceptors (Lipinski definition) is 4. The molecule has 1 saturated heterocycles. The number of aliphatic carboxylic acids is 1. The number of carboxylic acids is 1. The van der Waals surface area contributed by atoms with Gasteiger partial charge in [0.15, 0.2) is 0 Å². The highest BCUT2D eigenvalue weighted by molar-refractivity contribution is 7.89. The van der Waals surface area contributed by atoms with E-state index in [2.05, 4.69) is 4.72 Å². The highest BCUT2D eigenvalue weighted by Crippen LogP contribution is 2.19. The number of carbonyl (C=O) groups is 2. The fourth-order valence-corrected chi connectivity index (χ4v) is 3.99. The predicted molar refractivity (Wildman–Crippen MR) is 88.2 cm³/mol. The fraction of sp³-hybridized carbons (Fsp3) is 0.467. The summed E-state index contributed by atoms with van der Waals surface area (Å²) in [5.41, 5.74) is 0. The molecule has 9 heteroatoms. The Bertz CT molecular complexity index is 720. The summed E-state index contributed by atoms with van der Waals surface area (Å²) in [5, 5.41) is 9.63. The van der Waals surface area contributed by atoms with Crippen LogP contribution >= 0.6 is 11.6 Å². The molecule has 1 heterocycles. The van der Waals surface area contributed by atoms with E-state index in [0.29, 0.717) is 24.4 Å². The maximum absolute atomic E-state index is 12.5. The second-order valence-electron chi connectivity index (χ2n) is 5.68. The van der Waals surface area contributed by atoms with E-state index in [-0.39, 0.29) is 4.90 Å². The van der Waals surface area contributed by atoms with Crippen LogP contribution in [-0.4, -0.2) is 48.9 Å². The highest BCUT2D eigenvalue weighted by Gasteiger charge is 2.35. The lowest BCUT2D eigenvalue weighted by Crippen LogP contribution is -2.54. The Hall–Kier alpha value is -1.64. The second kappa shape index (κ2) is 7.50. The number of sulfonamides is 1. The average Bonchev–Trinajstić information content (AvgIpc) is 2.54. The van der Waals surface area contributed by atoms with Gasteiger partial charge in [-0.05, 0) is 50.5 Å². The van der Waals surface area contributed by atoms with Gasteiger partial charge in [0.05, 0.1) is 10.9 Å². The van der Waals surface area contributed by atoms with Crippen molar-refractivity contribution in [1.82, 2.24) is 9.62 Å². The molecule has 1 aliphatic heterocycles. The van der Waals surface area contributed by atoms with E-state index < -0.39 is 34.0 Å². The van der Waals surface area contributed by atoms with Crippen LogP contribution in [0.3, 0.4) is 0 Å². The van der Waals surface area contributed by atoms with Gasteiger partial charge in [-0.1, -0.05) is 11.6 Å². The molecule has 2 atom stereocenters. The molecule has 1 aliphatic rings. The third-order valence-corrected chi connectivity index (χ3v) is 5.71. The van der Waals surface area contributed by atoms with Crippen LogP contribution in [0.2, 0.25) is 5.02 Å². The summed E-state index contributed by atoms with van der Waals surface area (Å²) in [6.07, 6.45) is 1.80. The van der Waals surface area contributed by atoms with Gasteiger partial charge < -0.3 is 10.0 Å². The number of halogens is 1. The van der Waals surface area contributed by atoms with E-state index in [4.69, 9.17) is 11.6 Å². The normalized spacial score (nSPS) is 19.8. The molecule has 2 N–H and O–H groups in total. The van der Waals surface area contributed by atoms with E-state index in [1.54, 1.807) is 0 Å². The molecule has 0 saturated carbocycles. The van der Waals surface area contributed by atoms with Gasteiger partial charge in [-0.2, -0.15) is 4.72 Å². The lowest BCUT2D eigenvalue weighted by Gasteiger charge is -2.34. The first-order valence-corrected chi connectivity index (χ1v) is 9.39. The van der Waals surface area contributed by atoms with Gasteiger partial charge >= 0.3 is 5.97 Å². The molecular formula is C15H19ClN2O5S. The fourth-order valence-electron chi connectivity index (χ4n) is 2.67. The largest absolute Gasteiger partial charge is 0.480 e. The minimum atomic E-state index is -3.90. The minimum absolute atomic E-state index is 0.0139. The van der Waals surface area contributed by atoms with Crippen molar-refractivity contribution in [1.29, 1.82) is 0 Å². The van der Waals surface area contributed by atoms with Crippen LogP contribution in [0, 0.1) is 0 Å². The van der Waals surface area contributed by atoms with Gasteiger partial charge in [-0.15, -0.1) is 0 Å². The Morgan fingerprint density at radius 1 is 1.29 bits per heavy atom. The second-order valence-corrected chi connectivity index (χ2v) is 7.83. The molecule has 24 heavy (non-hydrogen) atoms.